The maximum Gasteiger partial charge on any atom is 0.290 e. The molecule has 110 valence electrons. The van der Waals surface area contributed by atoms with Crippen molar-refractivity contribution in [3.8, 4) is 11.5 Å². The van der Waals surface area contributed by atoms with Gasteiger partial charge in [0, 0.05) is 17.5 Å². The fourth-order valence-electron chi connectivity index (χ4n) is 2.41. The van der Waals surface area contributed by atoms with E-state index in [0.29, 0.717) is 17.3 Å². The second-order valence-corrected chi connectivity index (χ2v) is 5.93. The van der Waals surface area contributed by atoms with E-state index in [1.54, 1.807) is 6.08 Å². The van der Waals surface area contributed by atoms with Crippen LogP contribution in [0.15, 0.2) is 17.0 Å². The van der Waals surface area contributed by atoms with Gasteiger partial charge >= 0.3 is 0 Å². The second-order valence-electron chi connectivity index (χ2n) is 4.92. The highest BCUT2D eigenvalue weighted by molar-refractivity contribution is 8.18. The topological polar surface area (TPSA) is 64.6 Å². The number of carbonyl (C=O) groups is 2. The molecule has 1 aromatic rings. The first-order valence-electron chi connectivity index (χ1n) is 6.78. The highest BCUT2D eigenvalue weighted by Gasteiger charge is 2.27. The Balaban J connectivity index is 2.01. The van der Waals surface area contributed by atoms with Crippen molar-refractivity contribution in [3.05, 3.63) is 28.2 Å². The molecule has 0 bridgehead atoms. The number of ether oxygens (including phenoxy) is 2. The van der Waals surface area contributed by atoms with E-state index in [1.807, 2.05) is 26.0 Å². The Labute approximate surface area is 126 Å². The van der Waals surface area contributed by atoms with E-state index in [-0.39, 0.29) is 17.3 Å². The Kier molecular flexibility index (Phi) is 3.63. The summed E-state index contributed by atoms with van der Waals surface area (Å²) in [5.41, 5.74) is 1.85. The van der Waals surface area contributed by atoms with Gasteiger partial charge in [0.25, 0.3) is 11.1 Å². The number of nitrogens with one attached hydrogen (secondary N) is 1. The summed E-state index contributed by atoms with van der Waals surface area (Å²) in [5.74, 6) is 1.14. The van der Waals surface area contributed by atoms with Gasteiger partial charge in [-0.25, -0.2) is 0 Å². The third kappa shape index (κ3) is 2.76. The monoisotopic (exact) mass is 305 g/mol. The Hall–Kier alpha value is -1.95. The minimum absolute atomic E-state index is 0.142. The maximum absolute atomic E-state index is 11.7. The standard InChI is InChI=1S/C15H15NO4S/c1-3-19-11-5-9-4-8(2)20-12(9)6-10(11)7-13-14(17)16-15(18)21-13/h5-8H,3-4H2,1-2H3,(H,16,17,18)/b13-7-. The molecule has 1 aromatic carbocycles. The zero-order chi connectivity index (χ0) is 15.0. The van der Waals surface area contributed by atoms with Crippen LogP contribution in [0.4, 0.5) is 4.79 Å². The zero-order valence-corrected chi connectivity index (χ0v) is 12.6. The van der Waals surface area contributed by atoms with Crippen LogP contribution in [0.5, 0.6) is 11.5 Å². The average molecular weight is 305 g/mol. The third-order valence-electron chi connectivity index (χ3n) is 3.26. The molecule has 6 heteroatoms. The van der Waals surface area contributed by atoms with Crippen molar-refractivity contribution in [1.82, 2.24) is 5.32 Å². The average Bonchev–Trinajstić information content (AvgIpc) is 2.91. The van der Waals surface area contributed by atoms with Gasteiger partial charge in [-0.15, -0.1) is 0 Å². The van der Waals surface area contributed by atoms with Gasteiger partial charge in [-0.3, -0.25) is 14.9 Å². The summed E-state index contributed by atoms with van der Waals surface area (Å²) in [6, 6.07) is 3.82. The maximum atomic E-state index is 11.7. The minimum Gasteiger partial charge on any atom is -0.493 e. The van der Waals surface area contributed by atoms with E-state index >= 15 is 0 Å². The Morgan fingerprint density at radius 2 is 2.29 bits per heavy atom. The molecule has 1 fully saturated rings. The Morgan fingerprint density at radius 3 is 2.95 bits per heavy atom. The van der Waals surface area contributed by atoms with Crippen LogP contribution in [0, 0.1) is 0 Å². The lowest BCUT2D eigenvalue weighted by atomic mass is 10.1. The lowest BCUT2D eigenvalue weighted by Gasteiger charge is -2.10. The predicted molar refractivity (Wildman–Crippen MR) is 80.5 cm³/mol. The lowest BCUT2D eigenvalue weighted by molar-refractivity contribution is -0.115. The van der Waals surface area contributed by atoms with Crippen LogP contribution in [-0.2, 0) is 11.2 Å². The fraction of sp³-hybridized carbons (Fsp3) is 0.333. The molecule has 0 radical (unpaired) electrons. The molecule has 2 heterocycles. The normalized spacial score (nSPS) is 22.2. The first-order chi connectivity index (χ1) is 10.1. The molecule has 2 amide bonds. The number of rotatable bonds is 3. The van der Waals surface area contributed by atoms with Gasteiger partial charge in [0.1, 0.15) is 17.6 Å². The number of amides is 2. The van der Waals surface area contributed by atoms with Gasteiger partial charge in [0.15, 0.2) is 0 Å². The van der Waals surface area contributed by atoms with E-state index in [4.69, 9.17) is 9.47 Å². The third-order valence-corrected chi connectivity index (χ3v) is 4.07. The van der Waals surface area contributed by atoms with Crippen molar-refractivity contribution < 1.29 is 19.1 Å². The first kappa shape index (κ1) is 14.0. The van der Waals surface area contributed by atoms with Crippen LogP contribution in [0.3, 0.4) is 0 Å². The van der Waals surface area contributed by atoms with Crippen molar-refractivity contribution in [2.75, 3.05) is 6.61 Å². The molecule has 0 saturated carbocycles. The summed E-state index contributed by atoms with van der Waals surface area (Å²) in [4.78, 5) is 23.2. The molecule has 3 rings (SSSR count). The molecular weight excluding hydrogens is 290 g/mol. The first-order valence-corrected chi connectivity index (χ1v) is 7.59. The minimum atomic E-state index is -0.373. The highest BCUT2D eigenvalue weighted by atomic mass is 32.2. The van der Waals surface area contributed by atoms with E-state index in [1.165, 1.54) is 0 Å². The van der Waals surface area contributed by atoms with Crippen LogP contribution < -0.4 is 14.8 Å². The SMILES string of the molecule is CCOc1cc2c(cc1/C=C1\SC(=O)NC1=O)OC(C)C2. The number of benzene rings is 1. The van der Waals surface area contributed by atoms with Crippen LogP contribution in [0.2, 0.25) is 0 Å². The van der Waals surface area contributed by atoms with Crippen LogP contribution in [0.1, 0.15) is 25.0 Å². The van der Waals surface area contributed by atoms with Crippen molar-refractivity contribution in [3.63, 3.8) is 0 Å². The van der Waals surface area contributed by atoms with Gasteiger partial charge in [0.05, 0.1) is 11.5 Å². The lowest BCUT2D eigenvalue weighted by Crippen LogP contribution is -2.17. The van der Waals surface area contributed by atoms with E-state index in [2.05, 4.69) is 5.32 Å². The smallest absolute Gasteiger partial charge is 0.290 e. The molecule has 0 spiro atoms. The van der Waals surface area contributed by atoms with Crippen molar-refractivity contribution in [1.29, 1.82) is 0 Å². The molecule has 1 N–H and O–H groups in total. The number of carbonyl (C=O) groups excluding carboxylic acids is 2. The summed E-state index contributed by atoms with van der Waals surface area (Å²) < 4.78 is 11.4. The molecule has 0 aliphatic carbocycles. The molecular formula is C15H15NO4S. The summed E-state index contributed by atoms with van der Waals surface area (Å²) in [6.07, 6.45) is 2.66. The van der Waals surface area contributed by atoms with E-state index < -0.39 is 0 Å². The zero-order valence-electron chi connectivity index (χ0n) is 11.8. The number of hydrogen-bond acceptors (Lipinski definition) is 5. The molecule has 2 aliphatic rings. The van der Waals surface area contributed by atoms with Crippen molar-refractivity contribution >= 4 is 29.0 Å². The summed E-state index contributed by atoms with van der Waals surface area (Å²) in [7, 11) is 0. The number of imide groups is 1. The Morgan fingerprint density at radius 1 is 1.48 bits per heavy atom. The van der Waals surface area contributed by atoms with E-state index in [9.17, 15) is 9.59 Å². The van der Waals surface area contributed by atoms with Gasteiger partial charge < -0.3 is 9.47 Å². The molecule has 2 aliphatic heterocycles. The van der Waals surface area contributed by atoms with Gasteiger partial charge in [-0.1, -0.05) is 0 Å². The summed E-state index contributed by atoms with van der Waals surface area (Å²) >= 11 is 0.894. The van der Waals surface area contributed by atoms with Crippen molar-refractivity contribution in [2.45, 2.75) is 26.4 Å². The quantitative estimate of drug-likeness (QED) is 0.870. The van der Waals surface area contributed by atoms with Gasteiger partial charge in [-0.2, -0.15) is 0 Å². The molecule has 21 heavy (non-hydrogen) atoms. The fourth-order valence-corrected chi connectivity index (χ4v) is 3.08. The van der Waals surface area contributed by atoms with Crippen LogP contribution in [0.25, 0.3) is 6.08 Å². The molecule has 1 atom stereocenters. The Bertz CT molecular complexity index is 653. The largest absolute Gasteiger partial charge is 0.493 e. The number of hydrogen-bond donors (Lipinski definition) is 1. The van der Waals surface area contributed by atoms with Gasteiger partial charge in [-0.05, 0) is 43.8 Å². The number of thioether (sulfide) groups is 1. The van der Waals surface area contributed by atoms with Crippen LogP contribution in [-0.4, -0.2) is 23.9 Å². The molecule has 1 saturated heterocycles. The molecule has 1 unspecified atom stereocenters. The summed E-state index contributed by atoms with van der Waals surface area (Å²) in [5, 5.41) is 1.89. The molecule has 0 aromatic heterocycles. The summed E-state index contributed by atoms with van der Waals surface area (Å²) in [6.45, 7) is 4.45. The van der Waals surface area contributed by atoms with Crippen LogP contribution >= 0.6 is 11.8 Å². The second kappa shape index (κ2) is 5.44. The predicted octanol–water partition coefficient (Wildman–Crippen LogP) is 2.73. The van der Waals surface area contributed by atoms with E-state index in [0.717, 1.165) is 35.1 Å². The number of fused-ring (bicyclic) bond motifs is 1. The van der Waals surface area contributed by atoms with Gasteiger partial charge in [0.2, 0.25) is 0 Å². The van der Waals surface area contributed by atoms with Crippen molar-refractivity contribution in [2.24, 2.45) is 0 Å². The highest BCUT2D eigenvalue weighted by Crippen LogP contribution is 2.37. The molecule has 5 nitrogen and oxygen atoms in total.